The third-order valence-corrected chi connectivity index (χ3v) is 4.89. The summed E-state index contributed by atoms with van der Waals surface area (Å²) >= 11 is 0. The lowest BCUT2D eigenvalue weighted by molar-refractivity contribution is -0.125. The number of amides is 1. The average molecular weight is 322 g/mol. The van der Waals surface area contributed by atoms with Crippen molar-refractivity contribution in [3.63, 3.8) is 0 Å². The molecule has 0 aliphatic carbocycles. The minimum Gasteiger partial charge on any atom is -0.310 e. The molecule has 0 spiro atoms. The second-order valence-corrected chi connectivity index (χ2v) is 6.92. The third kappa shape index (κ3) is 3.36. The van der Waals surface area contributed by atoms with E-state index >= 15 is 0 Å². The van der Waals surface area contributed by atoms with Gasteiger partial charge in [0.05, 0.1) is 6.04 Å². The number of carbonyl (C=O) groups excluding carboxylic acids is 1. The van der Waals surface area contributed by atoms with E-state index in [0.29, 0.717) is 0 Å². The Hall–Kier alpha value is -2.13. The number of aryl methyl sites for hydroxylation is 3. The molecular formula is C21H26N2O. The van der Waals surface area contributed by atoms with Gasteiger partial charge >= 0.3 is 0 Å². The van der Waals surface area contributed by atoms with Crippen molar-refractivity contribution in [3.8, 4) is 0 Å². The Bertz CT molecular complexity index is 753. The number of rotatable bonds is 3. The van der Waals surface area contributed by atoms with Crippen molar-refractivity contribution in [3.05, 3.63) is 64.7 Å². The molecule has 0 radical (unpaired) electrons. The first kappa shape index (κ1) is 16.7. The highest BCUT2D eigenvalue weighted by atomic mass is 16.2. The minimum atomic E-state index is -0.0973. The molecule has 1 aliphatic heterocycles. The summed E-state index contributed by atoms with van der Waals surface area (Å²) in [5.41, 5.74) is 5.99. The van der Waals surface area contributed by atoms with E-state index in [1.165, 1.54) is 22.3 Å². The molecule has 126 valence electrons. The summed E-state index contributed by atoms with van der Waals surface area (Å²) in [7, 11) is 0. The van der Waals surface area contributed by atoms with Gasteiger partial charge in [0.15, 0.2) is 0 Å². The van der Waals surface area contributed by atoms with Crippen molar-refractivity contribution < 1.29 is 4.79 Å². The molecule has 1 atom stereocenters. The quantitative estimate of drug-likeness (QED) is 0.857. The van der Waals surface area contributed by atoms with Crippen molar-refractivity contribution in [2.24, 2.45) is 0 Å². The highest BCUT2D eigenvalue weighted by molar-refractivity contribution is 5.98. The lowest BCUT2D eigenvalue weighted by Crippen LogP contribution is -2.55. The van der Waals surface area contributed by atoms with E-state index in [1.54, 1.807) is 0 Å². The SMILES string of the molecule is Cc1cccc(CN2CCN(c3ccc(C)cc3C)C(=O)C2C)c1. The lowest BCUT2D eigenvalue weighted by Gasteiger charge is -2.39. The largest absolute Gasteiger partial charge is 0.310 e. The van der Waals surface area contributed by atoms with E-state index in [0.717, 1.165) is 25.3 Å². The van der Waals surface area contributed by atoms with Crippen LogP contribution in [-0.4, -0.2) is 29.9 Å². The van der Waals surface area contributed by atoms with Crippen LogP contribution in [0, 0.1) is 20.8 Å². The minimum absolute atomic E-state index is 0.0973. The molecule has 1 aliphatic rings. The second kappa shape index (κ2) is 6.78. The number of anilines is 1. The van der Waals surface area contributed by atoms with Gasteiger partial charge in [-0.3, -0.25) is 9.69 Å². The summed E-state index contributed by atoms with van der Waals surface area (Å²) in [5, 5.41) is 0. The van der Waals surface area contributed by atoms with Gasteiger partial charge in [0.25, 0.3) is 0 Å². The fourth-order valence-corrected chi connectivity index (χ4v) is 3.52. The van der Waals surface area contributed by atoms with Crippen LogP contribution in [0.3, 0.4) is 0 Å². The highest BCUT2D eigenvalue weighted by Crippen LogP contribution is 2.25. The van der Waals surface area contributed by atoms with Gasteiger partial charge in [-0.25, -0.2) is 0 Å². The van der Waals surface area contributed by atoms with Crippen molar-refractivity contribution in [1.29, 1.82) is 0 Å². The van der Waals surface area contributed by atoms with Crippen LogP contribution in [0.25, 0.3) is 0 Å². The van der Waals surface area contributed by atoms with Gasteiger partial charge in [-0.15, -0.1) is 0 Å². The maximum atomic E-state index is 12.9. The first-order chi connectivity index (χ1) is 11.5. The molecule has 0 aromatic heterocycles. The van der Waals surface area contributed by atoms with Crippen molar-refractivity contribution in [1.82, 2.24) is 4.90 Å². The van der Waals surface area contributed by atoms with E-state index < -0.39 is 0 Å². The van der Waals surface area contributed by atoms with Gasteiger partial charge < -0.3 is 4.90 Å². The summed E-state index contributed by atoms with van der Waals surface area (Å²) in [4.78, 5) is 17.1. The van der Waals surface area contributed by atoms with Gasteiger partial charge in [-0.05, 0) is 44.9 Å². The van der Waals surface area contributed by atoms with Gasteiger partial charge in [-0.2, -0.15) is 0 Å². The zero-order chi connectivity index (χ0) is 17.3. The Morgan fingerprint density at radius 3 is 2.46 bits per heavy atom. The van der Waals surface area contributed by atoms with Crippen LogP contribution < -0.4 is 4.90 Å². The maximum absolute atomic E-state index is 12.9. The molecule has 2 aromatic carbocycles. The smallest absolute Gasteiger partial charge is 0.244 e. The van der Waals surface area contributed by atoms with Crippen molar-refractivity contribution in [2.45, 2.75) is 40.3 Å². The molecule has 2 aromatic rings. The first-order valence-corrected chi connectivity index (χ1v) is 8.64. The zero-order valence-electron chi connectivity index (χ0n) is 15.0. The lowest BCUT2D eigenvalue weighted by atomic mass is 10.1. The molecule has 0 N–H and O–H groups in total. The van der Waals surface area contributed by atoms with E-state index in [9.17, 15) is 4.79 Å². The van der Waals surface area contributed by atoms with E-state index in [-0.39, 0.29) is 11.9 Å². The van der Waals surface area contributed by atoms with Gasteiger partial charge in [-0.1, -0.05) is 47.5 Å². The predicted molar refractivity (Wildman–Crippen MR) is 99.3 cm³/mol. The molecule has 1 heterocycles. The summed E-state index contributed by atoms with van der Waals surface area (Å²) in [6, 6.07) is 14.7. The highest BCUT2D eigenvalue weighted by Gasteiger charge is 2.32. The Morgan fingerprint density at radius 2 is 1.75 bits per heavy atom. The summed E-state index contributed by atoms with van der Waals surface area (Å²) < 4.78 is 0. The predicted octanol–water partition coefficient (Wildman–Crippen LogP) is 3.85. The molecule has 0 bridgehead atoms. The second-order valence-electron chi connectivity index (χ2n) is 6.92. The van der Waals surface area contributed by atoms with E-state index in [4.69, 9.17) is 0 Å². The zero-order valence-corrected chi connectivity index (χ0v) is 15.0. The molecule has 1 unspecified atom stereocenters. The van der Waals surface area contributed by atoms with Crippen LogP contribution >= 0.6 is 0 Å². The number of carbonyl (C=O) groups is 1. The molecule has 3 rings (SSSR count). The Labute approximate surface area is 144 Å². The Balaban J connectivity index is 1.76. The molecule has 3 nitrogen and oxygen atoms in total. The van der Waals surface area contributed by atoms with Gasteiger partial charge in [0, 0.05) is 25.3 Å². The van der Waals surface area contributed by atoms with E-state index in [1.807, 2.05) is 11.8 Å². The Kier molecular flexibility index (Phi) is 4.72. The molecule has 1 amide bonds. The molecular weight excluding hydrogens is 296 g/mol. The van der Waals surface area contributed by atoms with Crippen LogP contribution in [-0.2, 0) is 11.3 Å². The average Bonchev–Trinajstić information content (AvgIpc) is 2.53. The van der Waals surface area contributed by atoms with E-state index in [2.05, 4.69) is 68.1 Å². The molecule has 24 heavy (non-hydrogen) atoms. The van der Waals surface area contributed by atoms with Crippen LogP contribution in [0.15, 0.2) is 42.5 Å². The molecule has 1 saturated heterocycles. The van der Waals surface area contributed by atoms with Crippen LogP contribution in [0.2, 0.25) is 0 Å². The number of piperazine rings is 1. The third-order valence-electron chi connectivity index (χ3n) is 4.89. The monoisotopic (exact) mass is 322 g/mol. The normalized spacial score (nSPS) is 18.9. The summed E-state index contributed by atoms with van der Waals surface area (Å²) in [5.74, 6) is 0.195. The van der Waals surface area contributed by atoms with Crippen molar-refractivity contribution >= 4 is 11.6 Å². The number of nitrogens with zero attached hydrogens (tertiary/aromatic N) is 2. The maximum Gasteiger partial charge on any atom is 0.244 e. The number of hydrogen-bond acceptors (Lipinski definition) is 2. The van der Waals surface area contributed by atoms with Gasteiger partial charge in [0.2, 0.25) is 5.91 Å². The van der Waals surface area contributed by atoms with Crippen LogP contribution in [0.4, 0.5) is 5.69 Å². The number of benzene rings is 2. The fraction of sp³-hybridized carbons (Fsp3) is 0.381. The molecule has 0 saturated carbocycles. The van der Waals surface area contributed by atoms with Crippen LogP contribution in [0.5, 0.6) is 0 Å². The first-order valence-electron chi connectivity index (χ1n) is 8.64. The standard InChI is InChI=1S/C21H26N2O/c1-15-6-5-7-19(13-15)14-22-10-11-23(21(24)18(22)4)20-9-8-16(2)12-17(20)3/h5-9,12-13,18H,10-11,14H2,1-4H3. The van der Waals surface area contributed by atoms with Crippen molar-refractivity contribution in [2.75, 3.05) is 18.0 Å². The topological polar surface area (TPSA) is 23.6 Å². The summed E-state index contributed by atoms with van der Waals surface area (Å²) in [6.07, 6.45) is 0. The number of hydrogen-bond donors (Lipinski definition) is 0. The van der Waals surface area contributed by atoms with Crippen LogP contribution in [0.1, 0.15) is 29.2 Å². The molecule has 1 fully saturated rings. The summed E-state index contributed by atoms with van der Waals surface area (Å²) in [6.45, 7) is 10.8. The Morgan fingerprint density at radius 1 is 1.00 bits per heavy atom. The molecule has 3 heteroatoms. The van der Waals surface area contributed by atoms with Gasteiger partial charge in [0.1, 0.15) is 0 Å². The fourth-order valence-electron chi connectivity index (χ4n) is 3.52.